The van der Waals surface area contributed by atoms with E-state index in [2.05, 4.69) is 38.2 Å². The van der Waals surface area contributed by atoms with Crippen molar-refractivity contribution >= 4 is 11.6 Å². The molecule has 0 aliphatic heterocycles. The second-order valence-corrected chi connectivity index (χ2v) is 4.73. The number of rotatable bonds is 7. The molecule has 0 amide bonds. The zero-order chi connectivity index (χ0) is 12.7. The van der Waals surface area contributed by atoms with Gasteiger partial charge in [0.1, 0.15) is 0 Å². The number of aryl methyl sites for hydroxylation is 3. The van der Waals surface area contributed by atoms with E-state index in [1.807, 2.05) is 0 Å². The molecule has 0 bridgehead atoms. The second-order valence-electron chi connectivity index (χ2n) is 4.36. The van der Waals surface area contributed by atoms with Gasteiger partial charge in [-0.2, -0.15) is 0 Å². The minimum atomic E-state index is 0.566. The Balaban J connectivity index is 2.36. The average molecular weight is 256 g/mol. The molecular weight excluding hydrogens is 234 g/mol. The molecule has 1 aromatic rings. The topological polar surface area (TPSA) is 21.3 Å². The monoisotopic (exact) mass is 255 g/mol. The van der Waals surface area contributed by atoms with Crippen molar-refractivity contribution in [3.8, 4) is 0 Å². The van der Waals surface area contributed by atoms with Crippen molar-refractivity contribution in [2.45, 2.75) is 27.3 Å². The molecule has 1 aromatic carbocycles. The average Bonchev–Trinajstić information content (AvgIpc) is 2.26. The van der Waals surface area contributed by atoms with Gasteiger partial charge in [-0.15, -0.1) is 11.6 Å². The predicted octanol–water partition coefficient (Wildman–Crippen LogP) is 2.96. The smallest absolute Gasteiger partial charge is 0.0602 e. The predicted molar refractivity (Wildman–Crippen MR) is 73.9 cm³/mol. The molecular formula is C14H22ClNO. The third kappa shape index (κ3) is 5.07. The highest BCUT2D eigenvalue weighted by molar-refractivity contribution is 6.17. The van der Waals surface area contributed by atoms with Gasteiger partial charge in [0, 0.05) is 19.0 Å². The van der Waals surface area contributed by atoms with E-state index in [4.69, 9.17) is 16.3 Å². The summed E-state index contributed by atoms with van der Waals surface area (Å²) in [4.78, 5) is 0. The summed E-state index contributed by atoms with van der Waals surface area (Å²) in [7, 11) is 0. The molecule has 0 radical (unpaired) electrons. The molecule has 0 aromatic heterocycles. The molecule has 0 atom stereocenters. The first-order valence-corrected chi connectivity index (χ1v) is 6.59. The maximum absolute atomic E-state index is 5.52. The van der Waals surface area contributed by atoms with E-state index in [1.165, 1.54) is 22.3 Å². The van der Waals surface area contributed by atoms with Crippen LogP contribution < -0.4 is 5.32 Å². The van der Waals surface area contributed by atoms with Crippen molar-refractivity contribution in [2.75, 3.05) is 25.6 Å². The first-order valence-electron chi connectivity index (χ1n) is 6.06. The Morgan fingerprint density at radius 1 is 1.12 bits per heavy atom. The van der Waals surface area contributed by atoms with Gasteiger partial charge in [-0.1, -0.05) is 17.7 Å². The minimum absolute atomic E-state index is 0.566. The van der Waals surface area contributed by atoms with Gasteiger partial charge in [0.05, 0.1) is 13.2 Å². The maximum Gasteiger partial charge on any atom is 0.0602 e. The number of halogens is 1. The van der Waals surface area contributed by atoms with Crippen molar-refractivity contribution in [1.29, 1.82) is 0 Å². The zero-order valence-corrected chi connectivity index (χ0v) is 11.7. The van der Waals surface area contributed by atoms with Gasteiger partial charge in [-0.25, -0.2) is 0 Å². The molecule has 1 rings (SSSR count). The largest absolute Gasteiger partial charge is 0.379 e. The number of benzene rings is 1. The minimum Gasteiger partial charge on any atom is -0.379 e. The number of hydrogen-bond acceptors (Lipinski definition) is 2. The Morgan fingerprint density at radius 3 is 2.35 bits per heavy atom. The zero-order valence-electron chi connectivity index (χ0n) is 11.0. The fourth-order valence-electron chi connectivity index (χ4n) is 2.00. The van der Waals surface area contributed by atoms with Crippen LogP contribution in [0.5, 0.6) is 0 Å². The van der Waals surface area contributed by atoms with Crippen molar-refractivity contribution in [1.82, 2.24) is 5.32 Å². The van der Waals surface area contributed by atoms with E-state index >= 15 is 0 Å². The van der Waals surface area contributed by atoms with Crippen LogP contribution in [0.15, 0.2) is 12.1 Å². The van der Waals surface area contributed by atoms with Gasteiger partial charge in [-0.05, 0) is 37.5 Å². The van der Waals surface area contributed by atoms with Crippen LogP contribution in [0, 0.1) is 20.8 Å². The van der Waals surface area contributed by atoms with E-state index in [9.17, 15) is 0 Å². The van der Waals surface area contributed by atoms with Gasteiger partial charge in [0.25, 0.3) is 0 Å². The highest BCUT2D eigenvalue weighted by Crippen LogP contribution is 2.15. The standard InChI is InChI=1S/C14H22ClNO/c1-11-8-12(2)14(13(3)9-11)10-16-5-7-17-6-4-15/h8-9,16H,4-7,10H2,1-3H3. The van der Waals surface area contributed by atoms with Gasteiger partial charge >= 0.3 is 0 Å². The molecule has 0 saturated carbocycles. The lowest BCUT2D eigenvalue weighted by atomic mass is 10.00. The van der Waals surface area contributed by atoms with E-state index in [1.54, 1.807) is 0 Å². The number of ether oxygens (including phenoxy) is 1. The Kier molecular flexibility index (Phi) is 6.56. The van der Waals surface area contributed by atoms with Crippen molar-refractivity contribution in [3.05, 3.63) is 34.4 Å². The van der Waals surface area contributed by atoms with E-state index in [0.29, 0.717) is 12.5 Å². The summed E-state index contributed by atoms with van der Waals surface area (Å²) in [5.74, 6) is 0.566. The van der Waals surface area contributed by atoms with Crippen LogP contribution in [0.3, 0.4) is 0 Å². The fraction of sp³-hybridized carbons (Fsp3) is 0.571. The molecule has 0 spiro atoms. The van der Waals surface area contributed by atoms with Gasteiger partial charge < -0.3 is 10.1 Å². The lowest BCUT2D eigenvalue weighted by Gasteiger charge is -2.12. The third-order valence-corrected chi connectivity index (χ3v) is 2.94. The van der Waals surface area contributed by atoms with Crippen LogP contribution in [0.1, 0.15) is 22.3 Å². The molecule has 0 aliphatic rings. The maximum atomic E-state index is 5.52. The Morgan fingerprint density at radius 2 is 1.76 bits per heavy atom. The van der Waals surface area contributed by atoms with Crippen molar-refractivity contribution < 1.29 is 4.74 Å². The molecule has 96 valence electrons. The molecule has 0 aliphatic carbocycles. The summed E-state index contributed by atoms with van der Waals surface area (Å²) in [5, 5.41) is 3.39. The summed E-state index contributed by atoms with van der Waals surface area (Å²) in [5.41, 5.74) is 5.44. The molecule has 3 heteroatoms. The Bertz CT molecular complexity index is 329. The summed E-state index contributed by atoms with van der Waals surface area (Å²) in [6.07, 6.45) is 0. The van der Waals surface area contributed by atoms with Gasteiger partial charge in [0.2, 0.25) is 0 Å². The summed E-state index contributed by atoms with van der Waals surface area (Å²) >= 11 is 5.52. The molecule has 0 heterocycles. The summed E-state index contributed by atoms with van der Waals surface area (Å²) < 4.78 is 5.31. The van der Waals surface area contributed by atoms with Crippen LogP contribution in [0.25, 0.3) is 0 Å². The molecule has 1 N–H and O–H groups in total. The van der Waals surface area contributed by atoms with E-state index < -0.39 is 0 Å². The molecule has 17 heavy (non-hydrogen) atoms. The normalized spacial score (nSPS) is 10.8. The lowest BCUT2D eigenvalue weighted by molar-refractivity contribution is 0.151. The lowest BCUT2D eigenvalue weighted by Crippen LogP contribution is -2.20. The van der Waals surface area contributed by atoms with Crippen LogP contribution >= 0.6 is 11.6 Å². The highest BCUT2D eigenvalue weighted by Gasteiger charge is 2.02. The van der Waals surface area contributed by atoms with Crippen molar-refractivity contribution in [2.24, 2.45) is 0 Å². The van der Waals surface area contributed by atoms with E-state index in [-0.39, 0.29) is 0 Å². The van der Waals surface area contributed by atoms with Crippen LogP contribution in [0.4, 0.5) is 0 Å². The Hall–Kier alpha value is -0.570. The Labute approximate surface area is 109 Å². The first-order chi connectivity index (χ1) is 8.15. The van der Waals surface area contributed by atoms with Gasteiger partial charge in [0.15, 0.2) is 0 Å². The fourth-order valence-corrected chi connectivity index (χ4v) is 2.11. The summed E-state index contributed by atoms with van der Waals surface area (Å²) in [6, 6.07) is 4.46. The van der Waals surface area contributed by atoms with Crippen LogP contribution in [0.2, 0.25) is 0 Å². The SMILES string of the molecule is Cc1cc(C)c(CNCCOCCCl)c(C)c1. The molecule has 0 unspecified atom stereocenters. The van der Waals surface area contributed by atoms with E-state index in [0.717, 1.165) is 19.7 Å². The molecule has 0 saturated heterocycles. The van der Waals surface area contributed by atoms with Crippen LogP contribution in [-0.4, -0.2) is 25.6 Å². The number of nitrogens with one attached hydrogen (secondary N) is 1. The summed E-state index contributed by atoms with van der Waals surface area (Å²) in [6.45, 7) is 9.59. The second kappa shape index (κ2) is 7.70. The van der Waals surface area contributed by atoms with Crippen molar-refractivity contribution in [3.63, 3.8) is 0 Å². The number of alkyl halides is 1. The number of hydrogen-bond donors (Lipinski definition) is 1. The third-order valence-electron chi connectivity index (χ3n) is 2.79. The molecule has 2 nitrogen and oxygen atoms in total. The van der Waals surface area contributed by atoms with Gasteiger partial charge in [-0.3, -0.25) is 0 Å². The van der Waals surface area contributed by atoms with Crippen LogP contribution in [-0.2, 0) is 11.3 Å². The first kappa shape index (κ1) is 14.5. The molecule has 0 fully saturated rings. The quantitative estimate of drug-likeness (QED) is 0.598. The highest BCUT2D eigenvalue weighted by atomic mass is 35.5.